The largest absolute Gasteiger partial charge is 0.310 e. The van der Waals surface area contributed by atoms with Gasteiger partial charge in [-0.25, -0.2) is 0 Å². The molecule has 74 heavy (non-hydrogen) atoms. The van der Waals surface area contributed by atoms with E-state index >= 15 is 0 Å². The van der Waals surface area contributed by atoms with Crippen LogP contribution in [-0.2, 0) is 29.1 Å². The number of anilines is 6. The molecule has 0 amide bonds. The minimum Gasteiger partial charge on any atom is -0.310 e. The van der Waals surface area contributed by atoms with Gasteiger partial charge in [-0.3, -0.25) is 0 Å². The van der Waals surface area contributed by atoms with Crippen molar-refractivity contribution in [3.8, 4) is 11.1 Å². The summed E-state index contributed by atoms with van der Waals surface area (Å²) in [6.45, 7) is 0. The maximum absolute atomic E-state index is 2.65. The smallest absolute Gasteiger partial charge is 0.0714 e. The fourth-order valence-corrected chi connectivity index (χ4v) is 18.0. The lowest BCUT2D eigenvalue weighted by Crippen LogP contribution is -2.48. The number of nitrogens with zero attached hydrogens (tertiary/aromatic N) is 2. The molecule has 5 fully saturated rings. The molecule has 3 atom stereocenters. The zero-order chi connectivity index (χ0) is 48.6. The Balaban J connectivity index is 0.891. The molecule has 4 bridgehead atoms. The summed E-state index contributed by atoms with van der Waals surface area (Å²) in [5.74, 6) is 3.80. The first kappa shape index (κ1) is 43.0. The van der Waals surface area contributed by atoms with E-state index in [-0.39, 0.29) is 5.41 Å². The first-order chi connectivity index (χ1) is 36.6. The molecule has 0 radical (unpaired) electrons. The van der Waals surface area contributed by atoms with Gasteiger partial charge in [0.05, 0.1) is 16.8 Å². The quantitative estimate of drug-likeness (QED) is 0.142. The van der Waals surface area contributed by atoms with E-state index in [1.165, 1.54) is 130 Å². The van der Waals surface area contributed by atoms with Crippen molar-refractivity contribution in [3.63, 3.8) is 0 Å². The van der Waals surface area contributed by atoms with Crippen LogP contribution >= 0.6 is 0 Å². The third-order valence-electron chi connectivity index (χ3n) is 20.2. The second-order valence-electron chi connectivity index (χ2n) is 23.7. The summed E-state index contributed by atoms with van der Waals surface area (Å²) in [6, 6.07) is 86.5. The molecule has 0 aromatic heterocycles. The molecule has 0 heterocycles. The van der Waals surface area contributed by atoms with Crippen LogP contribution in [-0.4, -0.2) is 0 Å². The Hall–Kier alpha value is -7.42. The molecule has 2 heteroatoms. The van der Waals surface area contributed by atoms with E-state index in [1.807, 2.05) is 0 Å². The van der Waals surface area contributed by atoms with Gasteiger partial charge in [0.25, 0.3) is 0 Å². The normalized spacial score (nSPS) is 25.6. The SMILES string of the molecule is c1ccc(N(c2ccc(C34CC5CC(CC(C5)C3)C4)cc2)c2cccc3c2C24c5c(cccc5N(c5ccccc5)c5ccc6c(c5)C(c5ccccc5)(c5ccccc5)c5ccccc5-6)CC2CCC4C3)cc1. The predicted octanol–water partition coefficient (Wildman–Crippen LogP) is 17.9. The lowest BCUT2D eigenvalue weighted by Gasteiger charge is -2.57. The molecule has 3 unspecified atom stereocenters. The number of rotatable bonds is 9. The van der Waals surface area contributed by atoms with Crippen molar-refractivity contribution in [3.05, 3.63) is 275 Å². The standard InChI is InChI=1S/C72H62N2/c1-5-19-54(20-6-1)71(55-21-7-2-8-22-55)64-28-14-13-27-62(64)63-38-37-61(44-65(63)71)74(59-25-11-4-12-26-59)67-30-16-18-52-43-57-32-31-56-42-51-17-15-29-66(68(51)72(56,57)69(52)67)73(58-23-9-3-10-24-58)60-35-33-53(34-36-60)70-45-48-39-49(46-70)41-50(40-48)47-70/h1-30,33-38,44,48-50,56-57H,31-32,39-43,45-47H2. The van der Waals surface area contributed by atoms with Gasteiger partial charge in [-0.05, 0) is 221 Å². The van der Waals surface area contributed by atoms with Crippen LogP contribution in [0.5, 0.6) is 0 Å². The van der Waals surface area contributed by atoms with Crippen LogP contribution < -0.4 is 9.80 Å². The maximum Gasteiger partial charge on any atom is 0.0714 e. The van der Waals surface area contributed by atoms with Gasteiger partial charge in [-0.15, -0.1) is 0 Å². The van der Waals surface area contributed by atoms with Crippen molar-refractivity contribution in [1.82, 2.24) is 0 Å². The van der Waals surface area contributed by atoms with E-state index in [0.717, 1.165) is 30.6 Å². The molecule has 8 aliphatic rings. The van der Waals surface area contributed by atoms with Crippen LogP contribution in [0.15, 0.2) is 224 Å². The number of hydrogen-bond donors (Lipinski definition) is 0. The summed E-state index contributed by atoms with van der Waals surface area (Å²) in [4.78, 5) is 5.30. The van der Waals surface area contributed by atoms with Crippen molar-refractivity contribution < 1.29 is 0 Å². The van der Waals surface area contributed by atoms with Gasteiger partial charge in [0.15, 0.2) is 0 Å². The van der Waals surface area contributed by atoms with E-state index in [9.17, 15) is 0 Å². The molecule has 1 spiro atoms. The Morgan fingerprint density at radius 2 is 0.797 bits per heavy atom. The summed E-state index contributed by atoms with van der Waals surface area (Å²) in [7, 11) is 0. The molecule has 17 rings (SSSR count). The monoisotopic (exact) mass is 954 g/mol. The van der Waals surface area contributed by atoms with Crippen molar-refractivity contribution in [2.24, 2.45) is 29.6 Å². The average molecular weight is 955 g/mol. The predicted molar refractivity (Wildman–Crippen MR) is 304 cm³/mol. The molecule has 0 aliphatic heterocycles. The summed E-state index contributed by atoms with van der Waals surface area (Å²) < 4.78 is 0. The van der Waals surface area contributed by atoms with Crippen LogP contribution in [0.2, 0.25) is 0 Å². The summed E-state index contributed by atoms with van der Waals surface area (Å²) in [6.07, 6.45) is 13.3. The Bertz CT molecular complexity index is 3530. The fraction of sp³-hybridized carbons (Fsp3) is 0.250. The number of fused-ring (bicyclic) bond motifs is 5. The second-order valence-corrected chi connectivity index (χ2v) is 23.7. The molecular weight excluding hydrogens is 893 g/mol. The van der Waals surface area contributed by atoms with Gasteiger partial charge in [0, 0.05) is 28.2 Å². The minimum atomic E-state index is -0.501. The molecule has 5 saturated carbocycles. The number of hydrogen-bond acceptors (Lipinski definition) is 2. The minimum absolute atomic E-state index is 0.151. The molecule has 2 nitrogen and oxygen atoms in total. The first-order valence-corrected chi connectivity index (χ1v) is 28.0. The van der Waals surface area contributed by atoms with E-state index in [1.54, 1.807) is 16.7 Å². The zero-order valence-electron chi connectivity index (χ0n) is 42.2. The van der Waals surface area contributed by atoms with Gasteiger partial charge in [-0.1, -0.05) is 164 Å². The summed E-state index contributed by atoms with van der Waals surface area (Å²) in [5.41, 5.74) is 22.9. The fourth-order valence-electron chi connectivity index (χ4n) is 18.0. The summed E-state index contributed by atoms with van der Waals surface area (Å²) >= 11 is 0. The molecule has 0 saturated heterocycles. The maximum atomic E-state index is 2.65. The van der Waals surface area contributed by atoms with Gasteiger partial charge in [-0.2, -0.15) is 0 Å². The van der Waals surface area contributed by atoms with E-state index in [4.69, 9.17) is 0 Å². The van der Waals surface area contributed by atoms with E-state index in [0.29, 0.717) is 17.3 Å². The third kappa shape index (κ3) is 6.00. The lowest BCUT2D eigenvalue weighted by molar-refractivity contribution is -0.00518. The second kappa shape index (κ2) is 16.3. The molecule has 360 valence electrons. The highest BCUT2D eigenvalue weighted by atomic mass is 15.2. The van der Waals surface area contributed by atoms with Gasteiger partial charge < -0.3 is 9.80 Å². The van der Waals surface area contributed by atoms with Gasteiger partial charge in [0.2, 0.25) is 0 Å². The van der Waals surface area contributed by atoms with Crippen molar-refractivity contribution in [2.75, 3.05) is 9.80 Å². The molecule has 9 aromatic rings. The molecule has 8 aliphatic carbocycles. The Morgan fingerprint density at radius 1 is 0.351 bits per heavy atom. The van der Waals surface area contributed by atoms with Crippen molar-refractivity contribution >= 4 is 34.1 Å². The van der Waals surface area contributed by atoms with Gasteiger partial charge >= 0.3 is 0 Å². The van der Waals surface area contributed by atoms with Crippen LogP contribution in [0.3, 0.4) is 0 Å². The van der Waals surface area contributed by atoms with E-state index in [2.05, 4.69) is 234 Å². The number of para-hydroxylation sites is 2. The highest BCUT2D eigenvalue weighted by Gasteiger charge is 2.62. The summed E-state index contributed by atoms with van der Waals surface area (Å²) in [5, 5.41) is 0. The number of benzene rings is 9. The van der Waals surface area contributed by atoms with Crippen LogP contribution in [0.4, 0.5) is 34.1 Å². The molecule has 9 aromatic carbocycles. The van der Waals surface area contributed by atoms with E-state index < -0.39 is 5.41 Å². The van der Waals surface area contributed by atoms with Crippen LogP contribution in [0.1, 0.15) is 101 Å². The van der Waals surface area contributed by atoms with Crippen molar-refractivity contribution in [2.45, 2.75) is 80.5 Å². The first-order valence-electron chi connectivity index (χ1n) is 28.0. The average Bonchev–Trinajstić information content (AvgIpc) is 4.16. The molecule has 0 N–H and O–H groups in total. The van der Waals surface area contributed by atoms with Crippen LogP contribution in [0.25, 0.3) is 11.1 Å². The highest BCUT2D eigenvalue weighted by Crippen LogP contribution is 2.69. The highest BCUT2D eigenvalue weighted by molar-refractivity contribution is 5.91. The third-order valence-corrected chi connectivity index (χ3v) is 20.2. The molecular formula is C72H62N2. The lowest BCUT2D eigenvalue weighted by atomic mass is 9.48. The topological polar surface area (TPSA) is 6.48 Å². The zero-order valence-corrected chi connectivity index (χ0v) is 42.2. The van der Waals surface area contributed by atoms with Crippen molar-refractivity contribution in [1.29, 1.82) is 0 Å². The Morgan fingerprint density at radius 3 is 1.34 bits per heavy atom. The Labute approximate surface area is 437 Å². The Kier molecular flexibility index (Phi) is 9.47. The van der Waals surface area contributed by atoms with Crippen LogP contribution in [0, 0.1) is 29.6 Å². The van der Waals surface area contributed by atoms with Gasteiger partial charge in [0.1, 0.15) is 0 Å².